The summed E-state index contributed by atoms with van der Waals surface area (Å²) in [7, 11) is 1.57. The Bertz CT molecular complexity index is 658. The van der Waals surface area contributed by atoms with Crippen LogP contribution in [0.25, 0.3) is 0 Å². The van der Waals surface area contributed by atoms with Crippen molar-refractivity contribution in [1.29, 1.82) is 0 Å². The molecule has 2 aromatic rings. The van der Waals surface area contributed by atoms with E-state index in [1.54, 1.807) is 13.2 Å². The third kappa shape index (κ3) is 3.55. The first-order valence-corrected chi connectivity index (χ1v) is 7.27. The molecule has 1 unspecified atom stereocenters. The van der Waals surface area contributed by atoms with E-state index in [0.717, 1.165) is 15.7 Å². The lowest BCUT2D eigenvalue weighted by atomic mass is 10.0. The van der Waals surface area contributed by atoms with Crippen LogP contribution < -0.4 is 15.8 Å². The number of methoxy groups -OCH3 is 1. The number of para-hydroxylation sites is 1. The molecule has 5 heteroatoms. The number of carbonyl (C=O) groups is 1. The van der Waals surface area contributed by atoms with Gasteiger partial charge in [0.05, 0.1) is 7.11 Å². The lowest BCUT2D eigenvalue weighted by Gasteiger charge is -2.21. The number of ether oxygens (including phenoxy) is 1. The van der Waals surface area contributed by atoms with Gasteiger partial charge in [-0.2, -0.15) is 0 Å². The monoisotopic (exact) mass is 348 g/mol. The molecule has 0 radical (unpaired) electrons. The topological polar surface area (TPSA) is 64.3 Å². The highest BCUT2D eigenvalue weighted by Crippen LogP contribution is 2.31. The molecule has 0 aliphatic heterocycles. The Kier molecular flexibility index (Phi) is 4.85. The molecule has 2 rings (SSSR count). The second-order valence-electron chi connectivity index (χ2n) is 4.68. The van der Waals surface area contributed by atoms with Gasteiger partial charge in [-0.25, -0.2) is 0 Å². The summed E-state index contributed by atoms with van der Waals surface area (Å²) < 4.78 is 6.19. The predicted octanol–water partition coefficient (Wildman–Crippen LogP) is 3.40. The van der Waals surface area contributed by atoms with Gasteiger partial charge >= 0.3 is 0 Å². The number of nitrogens with one attached hydrogen (secondary N) is 1. The van der Waals surface area contributed by atoms with Crippen LogP contribution in [0.1, 0.15) is 17.2 Å². The number of carbonyl (C=O) groups excluding carboxylic acids is 1. The average Bonchev–Trinajstić information content (AvgIpc) is 2.46. The van der Waals surface area contributed by atoms with E-state index in [9.17, 15) is 4.79 Å². The lowest BCUT2D eigenvalue weighted by molar-refractivity contribution is -0.118. The summed E-state index contributed by atoms with van der Waals surface area (Å²) in [5.41, 5.74) is 8.17. The zero-order chi connectivity index (χ0) is 15.4. The molecule has 4 nitrogen and oxygen atoms in total. The average molecular weight is 349 g/mol. The highest BCUT2D eigenvalue weighted by molar-refractivity contribution is 9.10. The van der Waals surface area contributed by atoms with E-state index in [0.29, 0.717) is 11.3 Å². The van der Waals surface area contributed by atoms with Gasteiger partial charge in [0, 0.05) is 15.7 Å². The van der Waals surface area contributed by atoms with E-state index in [1.165, 1.54) is 0 Å². The largest absolute Gasteiger partial charge is 0.496 e. The molecule has 0 fully saturated rings. The van der Waals surface area contributed by atoms with Crippen molar-refractivity contribution in [3.63, 3.8) is 0 Å². The van der Waals surface area contributed by atoms with Gasteiger partial charge in [0.25, 0.3) is 0 Å². The number of amides is 1. The molecule has 1 atom stereocenters. The first kappa shape index (κ1) is 15.4. The molecule has 0 aliphatic rings. The summed E-state index contributed by atoms with van der Waals surface area (Å²) in [6.07, 6.45) is 0. The number of primary amides is 1. The molecule has 21 heavy (non-hydrogen) atoms. The summed E-state index contributed by atoms with van der Waals surface area (Å²) >= 11 is 3.41. The highest BCUT2D eigenvalue weighted by Gasteiger charge is 2.22. The van der Waals surface area contributed by atoms with Crippen molar-refractivity contribution < 1.29 is 9.53 Å². The minimum atomic E-state index is -0.668. The number of benzene rings is 2. The van der Waals surface area contributed by atoms with Crippen molar-refractivity contribution in [3.05, 3.63) is 58.1 Å². The Morgan fingerprint density at radius 1 is 1.29 bits per heavy atom. The molecule has 0 bridgehead atoms. The van der Waals surface area contributed by atoms with Gasteiger partial charge in [-0.15, -0.1) is 0 Å². The van der Waals surface area contributed by atoms with E-state index in [-0.39, 0.29) is 0 Å². The Balaban J connectivity index is 2.43. The first-order valence-electron chi connectivity index (χ1n) is 6.48. The molecule has 0 saturated carbocycles. The van der Waals surface area contributed by atoms with Crippen LogP contribution in [0, 0.1) is 6.92 Å². The van der Waals surface area contributed by atoms with Crippen molar-refractivity contribution in [3.8, 4) is 5.75 Å². The van der Waals surface area contributed by atoms with Crippen LogP contribution >= 0.6 is 15.9 Å². The van der Waals surface area contributed by atoms with Crippen LogP contribution in [-0.4, -0.2) is 13.0 Å². The zero-order valence-corrected chi connectivity index (χ0v) is 13.5. The van der Waals surface area contributed by atoms with Gasteiger partial charge in [-0.3, -0.25) is 4.79 Å². The molecule has 3 N–H and O–H groups in total. The maximum atomic E-state index is 11.9. The van der Waals surface area contributed by atoms with Gasteiger partial charge < -0.3 is 15.8 Å². The van der Waals surface area contributed by atoms with Crippen LogP contribution in [0.4, 0.5) is 5.69 Å². The summed E-state index contributed by atoms with van der Waals surface area (Å²) in [5, 5.41) is 3.19. The summed E-state index contributed by atoms with van der Waals surface area (Å²) in [5.74, 6) is 0.151. The number of rotatable bonds is 5. The van der Waals surface area contributed by atoms with Crippen LogP contribution in [0.15, 0.2) is 46.9 Å². The smallest absolute Gasteiger partial charge is 0.244 e. The van der Waals surface area contributed by atoms with Crippen molar-refractivity contribution in [2.75, 3.05) is 12.4 Å². The molecule has 0 spiro atoms. The fourth-order valence-corrected chi connectivity index (χ4v) is 2.50. The van der Waals surface area contributed by atoms with E-state index < -0.39 is 11.9 Å². The minimum Gasteiger partial charge on any atom is -0.496 e. The van der Waals surface area contributed by atoms with Crippen molar-refractivity contribution in [2.24, 2.45) is 5.73 Å². The second kappa shape index (κ2) is 6.63. The maximum Gasteiger partial charge on any atom is 0.244 e. The predicted molar refractivity (Wildman–Crippen MR) is 87.4 cm³/mol. The standard InChI is InChI=1S/C16H17BrN2O2/c1-10-5-3-4-6-13(10)19-15(16(18)20)12-9-11(17)7-8-14(12)21-2/h3-9,15,19H,1-2H3,(H2,18,20). The number of aryl methyl sites for hydroxylation is 1. The second-order valence-corrected chi connectivity index (χ2v) is 5.60. The van der Waals surface area contributed by atoms with Crippen molar-refractivity contribution >= 4 is 27.5 Å². The third-order valence-electron chi connectivity index (χ3n) is 3.23. The van der Waals surface area contributed by atoms with E-state index in [1.807, 2.05) is 43.3 Å². The third-order valence-corrected chi connectivity index (χ3v) is 3.73. The molecule has 1 amide bonds. The molecule has 0 saturated heterocycles. The van der Waals surface area contributed by atoms with Crippen LogP contribution in [-0.2, 0) is 4.79 Å². The highest BCUT2D eigenvalue weighted by atomic mass is 79.9. The molecular weight excluding hydrogens is 332 g/mol. The van der Waals surface area contributed by atoms with Gasteiger partial charge in [0.1, 0.15) is 11.8 Å². The van der Waals surface area contributed by atoms with Crippen LogP contribution in [0.5, 0.6) is 5.75 Å². The number of nitrogens with two attached hydrogens (primary N) is 1. The Morgan fingerprint density at radius 3 is 2.62 bits per heavy atom. The Morgan fingerprint density at radius 2 is 2.00 bits per heavy atom. The normalized spacial score (nSPS) is 11.8. The van der Waals surface area contributed by atoms with Crippen LogP contribution in [0.2, 0.25) is 0 Å². The molecule has 0 aliphatic carbocycles. The zero-order valence-electron chi connectivity index (χ0n) is 11.9. The number of hydrogen-bond donors (Lipinski definition) is 2. The van der Waals surface area contributed by atoms with Gasteiger partial charge in [0.2, 0.25) is 5.91 Å². The fourth-order valence-electron chi connectivity index (χ4n) is 2.12. The molecule has 110 valence electrons. The summed E-state index contributed by atoms with van der Waals surface area (Å²) in [6.45, 7) is 1.97. The minimum absolute atomic E-state index is 0.463. The van der Waals surface area contributed by atoms with Crippen LogP contribution in [0.3, 0.4) is 0 Å². The fraction of sp³-hybridized carbons (Fsp3) is 0.188. The molecule has 0 heterocycles. The number of hydrogen-bond acceptors (Lipinski definition) is 3. The lowest BCUT2D eigenvalue weighted by Crippen LogP contribution is -2.28. The maximum absolute atomic E-state index is 11.9. The first-order chi connectivity index (χ1) is 10.0. The summed E-state index contributed by atoms with van der Waals surface area (Å²) in [6, 6.07) is 12.6. The molecular formula is C16H17BrN2O2. The Hall–Kier alpha value is -2.01. The quantitative estimate of drug-likeness (QED) is 0.870. The molecule has 0 aromatic heterocycles. The van der Waals surface area contributed by atoms with Crippen molar-refractivity contribution in [1.82, 2.24) is 0 Å². The Labute approximate surface area is 132 Å². The number of anilines is 1. The molecule has 2 aromatic carbocycles. The van der Waals surface area contributed by atoms with Gasteiger partial charge in [-0.05, 0) is 36.8 Å². The van der Waals surface area contributed by atoms with E-state index >= 15 is 0 Å². The van der Waals surface area contributed by atoms with Gasteiger partial charge in [-0.1, -0.05) is 34.1 Å². The van der Waals surface area contributed by atoms with Gasteiger partial charge in [0.15, 0.2) is 0 Å². The van der Waals surface area contributed by atoms with E-state index in [2.05, 4.69) is 21.2 Å². The van der Waals surface area contributed by atoms with Crippen molar-refractivity contribution in [2.45, 2.75) is 13.0 Å². The van der Waals surface area contributed by atoms with E-state index in [4.69, 9.17) is 10.5 Å². The SMILES string of the molecule is COc1ccc(Br)cc1C(Nc1ccccc1C)C(N)=O. The number of halogens is 1. The summed E-state index contributed by atoms with van der Waals surface area (Å²) in [4.78, 5) is 11.9.